The average Bonchev–Trinajstić information content (AvgIpc) is 2.80. The molecule has 2 heterocycles. The van der Waals surface area contributed by atoms with E-state index < -0.39 is 11.9 Å². The molecule has 1 saturated heterocycles. The van der Waals surface area contributed by atoms with Crippen LogP contribution in [0.2, 0.25) is 0 Å². The molecule has 0 aromatic heterocycles. The molecule has 23 heavy (non-hydrogen) atoms. The highest BCUT2D eigenvalue weighted by Gasteiger charge is 2.25. The molecule has 0 spiro atoms. The van der Waals surface area contributed by atoms with Crippen LogP contribution in [0.3, 0.4) is 0 Å². The standard InChI is InChI=1S/C16H21NO6/c1-20-13-7-15-14(22-4-5-23-15)6-11(13)8-17-2-3-21-10-12(9-17)16(18)19/h6-7,12H,2-5,8-10H2,1H3,(H,18,19). The summed E-state index contributed by atoms with van der Waals surface area (Å²) in [6, 6.07) is 3.74. The highest BCUT2D eigenvalue weighted by molar-refractivity contribution is 5.70. The van der Waals surface area contributed by atoms with Gasteiger partial charge in [-0.3, -0.25) is 9.69 Å². The molecular weight excluding hydrogens is 302 g/mol. The van der Waals surface area contributed by atoms with Gasteiger partial charge in [0.05, 0.1) is 26.2 Å². The molecule has 0 saturated carbocycles. The Hall–Kier alpha value is -1.99. The first-order valence-electron chi connectivity index (χ1n) is 7.67. The number of nitrogens with zero attached hydrogens (tertiary/aromatic N) is 1. The van der Waals surface area contributed by atoms with Crippen molar-refractivity contribution in [3.05, 3.63) is 17.7 Å². The number of ether oxygens (including phenoxy) is 4. The second-order valence-electron chi connectivity index (χ2n) is 5.65. The van der Waals surface area contributed by atoms with E-state index in [0.717, 1.165) is 5.56 Å². The number of benzene rings is 1. The zero-order valence-electron chi connectivity index (χ0n) is 13.1. The van der Waals surface area contributed by atoms with E-state index in [1.54, 1.807) is 7.11 Å². The Morgan fingerprint density at radius 2 is 2.04 bits per heavy atom. The summed E-state index contributed by atoms with van der Waals surface area (Å²) in [6.45, 7) is 3.54. The fourth-order valence-electron chi connectivity index (χ4n) is 2.83. The quantitative estimate of drug-likeness (QED) is 0.885. The molecule has 3 rings (SSSR count). The van der Waals surface area contributed by atoms with Crippen LogP contribution in [0, 0.1) is 5.92 Å². The van der Waals surface area contributed by atoms with Crippen LogP contribution in [0.1, 0.15) is 5.56 Å². The molecule has 2 aliphatic rings. The first-order valence-corrected chi connectivity index (χ1v) is 7.67. The Balaban J connectivity index is 1.79. The molecule has 1 N–H and O–H groups in total. The Morgan fingerprint density at radius 1 is 1.30 bits per heavy atom. The van der Waals surface area contributed by atoms with Crippen LogP contribution in [0.4, 0.5) is 0 Å². The maximum atomic E-state index is 11.3. The predicted molar refractivity (Wildman–Crippen MR) is 81.2 cm³/mol. The minimum absolute atomic E-state index is 0.254. The summed E-state index contributed by atoms with van der Waals surface area (Å²) in [6.07, 6.45) is 0. The molecule has 2 aliphatic heterocycles. The minimum atomic E-state index is -0.828. The highest BCUT2D eigenvalue weighted by atomic mass is 16.6. The van der Waals surface area contributed by atoms with Gasteiger partial charge < -0.3 is 24.1 Å². The average molecular weight is 323 g/mol. The molecule has 1 aromatic carbocycles. The monoisotopic (exact) mass is 323 g/mol. The molecule has 1 fully saturated rings. The SMILES string of the molecule is COc1cc2c(cc1CN1CCOCC(C(=O)O)C1)OCCO2. The number of rotatable bonds is 4. The van der Waals surface area contributed by atoms with Gasteiger partial charge in [0.1, 0.15) is 19.0 Å². The molecule has 0 aliphatic carbocycles. The van der Waals surface area contributed by atoms with Gasteiger partial charge in [-0.25, -0.2) is 0 Å². The molecule has 0 bridgehead atoms. The first kappa shape index (κ1) is 15.9. The van der Waals surface area contributed by atoms with Gasteiger partial charge in [-0.15, -0.1) is 0 Å². The van der Waals surface area contributed by atoms with Crippen LogP contribution < -0.4 is 14.2 Å². The summed E-state index contributed by atoms with van der Waals surface area (Å²) in [5.74, 6) is 0.755. The van der Waals surface area contributed by atoms with Crippen molar-refractivity contribution >= 4 is 5.97 Å². The highest BCUT2D eigenvalue weighted by Crippen LogP contribution is 2.37. The number of carboxylic acid groups (broad SMARTS) is 1. The largest absolute Gasteiger partial charge is 0.496 e. The van der Waals surface area contributed by atoms with Gasteiger partial charge in [0.2, 0.25) is 0 Å². The molecule has 126 valence electrons. The number of fused-ring (bicyclic) bond motifs is 1. The Bertz CT molecular complexity index is 576. The molecular formula is C16H21NO6. The summed E-state index contributed by atoms with van der Waals surface area (Å²) < 4.78 is 22.0. The van der Waals surface area contributed by atoms with Crippen molar-refractivity contribution in [1.29, 1.82) is 0 Å². The molecule has 0 amide bonds. The van der Waals surface area contributed by atoms with Crippen LogP contribution in [-0.2, 0) is 16.1 Å². The van der Waals surface area contributed by atoms with E-state index in [0.29, 0.717) is 56.7 Å². The lowest BCUT2D eigenvalue weighted by Gasteiger charge is -2.25. The minimum Gasteiger partial charge on any atom is -0.496 e. The smallest absolute Gasteiger partial charge is 0.310 e. The number of aliphatic carboxylic acids is 1. The van der Waals surface area contributed by atoms with Gasteiger partial charge in [0.15, 0.2) is 11.5 Å². The summed E-state index contributed by atoms with van der Waals surface area (Å²) in [7, 11) is 1.61. The van der Waals surface area contributed by atoms with E-state index >= 15 is 0 Å². The molecule has 1 atom stereocenters. The number of carboxylic acids is 1. The zero-order chi connectivity index (χ0) is 16.2. The molecule has 0 radical (unpaired) electrons. The fourth-order valence-corrected chi connectivity index (χ4v) is 2.83. The number of hydrogen-bond donors (Lipinski definition) is 1. The van der Waals surface area contributed by atoms with Gasteiger partial charge in [0, 0.05) is 31.3 Å². The van der Waals surface area contributed by atoms with Crippen molar-refractivity contribution in [2.24, 2.45) is 5.92 Å². The zero-order valence-corrected chi connectivity index (χ0v) is 13.1. The van der Waals surface area contributed by atoms with Gasteiger partial charge in [0.25, 0.3) is 0 Å². The maximum Gasteiger partial charge on any atom is 0.310 e. The molecule has 7 heteroatoms. The summed E-state index contributed by atoms with van der Waals surface area (Å²) in [5.41, 5.74) is 0.947. The van der Waals surface area contributed by atoms with Crippen molar-refractivity contribution < 1.29 is 28.8 Å². The van der Waals surface area contributed by atoms with E-state index in [1.165, 1.54) is 0 Å². The fraction of sp³-hybridized carbons (Fsp3) is 0.562. The third-order valence-corrected chi connectivity index (χ3v) is 4.04. The summed E-state index contributed by atoms with van der Waals surface area (Å²) >= 11 is 0. The predicted octanol–water partition coefficient (Wildman–Crippen LogP) is 0.999. The lowest BCUT2D eigenvalue weighted by Crippen LogP contribution is -2.33. The Morgan fingerprint density at radius 3 is 2.74 bits per heavy atom. The molecule has 1 unspecified atom stereocenters. The molecule has 1 aromatic rings. The Kier molecular flexibility index (Phi) is 4.88. The normalized spacial score (nSPS) is 21.5. The van der Waals surface area contributed by atoms with E-state index in [9.17, 15) is 9.90 Å². The second-order valence-corrected chi connectivity index (χ2v) is 5.65. The lowest BCUT2D eigenvalue weighted by molar-refractivity contribution is -0.143. The number of methoxy groups -OCH3 is 1. The number of hydrogen-bond acceptors (Lipinski definition) is 6. The first-order chi connectivity index (χ1) is 11.2. The summed E-state index contributed by atoms with van der Waals surface area (Å²) in [4.78, 5) is 13.3. The second kappa shape index (κ2) is 7.06. The van der Waals surface area contributed by atoms with Crippen molar-refractivity contribution in [3.63, 3.8) is 0 Å². The van der Waals surface area contributed by atoms with Gasteiger partial charge in [-0.05, 0) is 6.07 Å². The van der Waals surface area contributed by atoms with E-state index in [-0.39, 0.29) is 6.61 Å². The van der Waals surface area contributed by atoms with Gasteiger partial charge in [-0.2, -0.15) is 0 Å². The van der Waals surface area contributed by atoms with Crippen molar-refractivity contribution in [2.45, 2.75) is 6.54 Å². The van der Waals surface area contributed by atoms with Crippen LogP contribution in [0.25, 0.3) is 0 Å². The Labute approximate surface area is 134 Å². The third-order valence-electron chi connectivity index (χ3n) is 4.04. The van der Waals surface area contributed by atoms with Crippen molar-refractivity contribution in [1.82, 2.24) is 4.90 Å². The van der Waals surface area contributed by atoms with E-state index in [1.807, 2.05) is 12.1 Å². The van der Waals surface area contributed by atoms with Crippen molar-refractivity contribution in [2.75, 3.05) is 46.6 Å². The summed E-state index contributed by atoms with van der Waals surface area (Å²) in [5, 5.41) is 9.24. The van der Waals surface area contributed by atoms with Crippen LogP contribution >= 0.6 is 0 Å². The van der Waals surface area contributed by atoms with Crippen LogP contribution in [0.15, 0.2) is 12.1 Å². The van der Waals surface area contributed by atoms with Crippen LogP contribution in [-0.4, -0.2) is 62.6 Å². The van der Waals surface area contributed by atoms with E-state index in [4.69, 9.17) is 18.9 Å². The maximum absolute atomic E-state index is 11.3. The van der Waals surface area contributed by atoms with Gasteiger partial charge in [-0.1, -0.05) is 0 Å². The van der Waals surface area contributed by atoms with E-state index in [2.05, 4.69) is 4.90 Å². The lowest BCUT2D eigenvalue weighted by atomic mass is 10.1. The topological polar surface area (TPSA) is 77.5 Å². The van der Waals surface area contributed by atoms with Gasteiger partial charge >= 0.3 is 5.97 Å². The number of carbonyl (C=O) groups is 1. The van der Waals surface area contributed by atoms with Crippen molar-refractivity contribution in [3.8, 4) is 17.2 Å². The van der Waals surface area contributed by atoms with Crippen LogP contribution in [0.5, 0.6) is 17.2 Å². The third kappa shape index (κ3) is 3.68. The molecule has 7 nitrogen and oxygen atoms in total.